The third kappa shape index (κ3) is 11.7. The van der Waals surface area contributed by atoms with Crippen LogP contribution in [0.4, 0.5) is 0 Å². The molecule has 0 radical (unpaired) electrons. The minimum atomic E-state index is -1.66. The molecule has 5 unspecified atom stereocenters. The van der Waals surface area contributed by atoms with Crippen LogP contribution in [-0.4, -0.2) is 92.2 Å². The minimum Gasteiger partial charge on any atom is -0.481 e. The topological polar surface area (TPSA) is 289 Å². The maximum atomic E-state index is 12.6. The Morgan fingerprint density at radius 1 is 0.735 bits per heavy atom. The number of primary amides is 1. The van der Waals surface area contributed by atoms with Gasteiger partial charge in [-0.3, -0.25) is 28.8 Å². The number of rotatable bonds is 16. The molecule has 0 aliphatic carbocycles. The molecule has 0 saturated carbocycles. The highest BCUT2D eigenvalue weighted by atomic mass is 16.4. The summed E-state index contributed by atoms with van der Waals surface area (Å²) in [5, 5.41) is 42.4. The zero-order valence-electron chi connectivity index (χ0n) is 18.2. The number of carbonyl (C=O) groups excluding carboxylic acids is 4. The SMILES string of the molecule is CC(O)C(N)C(=O)NC(CC(N)=O)C(=O)NC(CCC(=O)O)C(=O)NC(CCC(=O)O)C(=O)O. The van der Waals surface area contributed by atoms with Crippen LogP contribution in [0.15, 0.2) is 0 Å². The first-order chi connectivity index (χ1) is 15.6. The van der Waals surface area contributed by atoms with Gasteiger partial charge in [0.15, 0.2) is 0 Å². The lowest BCUT2D eigenvalue weighted by molar-refractivity contribution is -0.144. The molecule has 0 saturated heterocycles. The van der Waals surface area contributed by atoms with Crippen molar-refractivity contribution in [2.24, 2.45) is 11.5 Å². The molecule has 192 valence electrons. The van der Waals surface area contributed by atoms with Gasteiger partial charge >= 0.3 is 17.9 Å². The Balaban J connectivity index is 5.61. The second-order valence-electron chi connectivity index (χ2n) is 7.32. The Morgan fingerprint density at radius 2 is 1.15 bits per heavy atom. The van der Waals surface area contributed by atoms with Gasteiger partial charge in [-0.2, -0.15) is 0 Å². The molecule has 0 aromatic carbocycles. The highest BCUT2D eigenvalue weighted by Crippen LogP contribution is 2.05. The molecule has 0 aliphatic rings. The Bertz CT molecular complexity index is 801. The van der Waals surface area contributed by atoms with Crippen molar-refractivity contribution in [1.29, 1.82) is 0 Å². The first-order valence-corrected chi connectivity index (χ1v) is 9.95. The number of aliphatic hydroxyl groups is 1. The summed E-state index contributed by atoms with van der Waals surface area (Å²) in [6.45, 7) is 1.20. The standard InChI is InChI=1S/C18H29N5O11/c1-7(24)14(20)17(32)23-10(6-11(19)25)16(31)21-8(2-4-12(26)27)15(30)22-9(18(33)34)3-5-13(28)29/h7-10,14,24H,2-6,20H2,1H3,(H2,19,25)(H,21,31)(H,22,30)(H,23,32)(H,26,27)(H,28,29)(H,33,34). The fraction of sp³-hybridized carbons (Fsp3) is 0.611. The number of carboxylic acids is 3. The summed E-state index contributed by atoms with van der Waals surface area (Å²) in [5.74, 6) is -8.58. The van der Waals surface area contributed by atoms with Crippen LogP contribution in [0, 0.1) is 0 Å². The maximum absolute atomic E-state index is 12.6. The van der Waals surface area contributed by atoms with Crippen molar-refractivity contribution in [3.8, 4) is 0 Å². The van der Waals surface area contributed by atoms with Gasteiger partial charge in [0.25, 0.3) is 0 Å². The van der Waals surface area contributed by atoms with Crippen molar-refractivity contribution in [2.45, 2.75) is 69.3 Å². The van der Waals surface area contributed by atoms with Crippen LogP contribution in [0.1, 0.15) is 39.0 Å². The van der Waals surface area contributed by atoms with Crippen molar-refractivity contribution in [3.05, 3.63) is 0 Å². The van der Waals surface area contributed by atoms with E-state index in [1.54, 1.807) is 0 Å². The van der Waals surface area contributed by atoms with E-state index in [2.05, 4.69) is 10.6 Å². The first-order valence-electron chi connectivity index (χ1n) is 9.95. The molecular formula is C18H29N5O11. The number of aliphatic carboxylic acids is 3. The van der Waals surface area contributed by atoms with E-state index in [1.165, 1.54) is 6.92 Å². The zero-order valence-corrected chi connectivity index (χ0v) is 18.2. The molecule has 0 aliphatic heterocycles. The van der Waals surface area contributed by atoms with Gasteiger partial charge in [-0.25, -0.2) is 4.79 Å². The van der Waals surface area contributed by atoms with E-state index >= 15 is 0 Å². The highest BCUT2D eigenvalue weighted by molar-refractivity contribution is 5.96. The monoisotopic (exact) mass is 491 g/mol. The predicted molar refractivity (Wildman–Crippen MR) is 111 cm³/mol. The van der Waals surface area contributed by atoms with Crippen molar-refractivity contribution >= 4 is 41.5 Å². The highest BCUT2D eigenvalue weighted by Gasteiger charge is 2.32. The van der Waals surface area contributed by atoms with Gasteiger partial charge in [-0.15, -0.1) is 0 Å². The molecule has 0 aromatic heterocycles. The Hall–Kier alpha value is -3.79. The molecule has 0 heterocycles. The minimum absolute atomic E-state index is 0.492. The number of carbonyl (C=O) groups is 7. The summed E-state index contributed by atoms with van der Waals surface area (Å²) >= 11 is 0. The number of carboxylic acid groups (broad SMARTS) is 3. The third-order valence-corrected chi connectivity index (χ3v) is 4.40. The van der Waals surface area contributed by atoms with E-state index in [0.29, 0.717) is 0 Å². The van der Waals surface area contributed by atoms with Crippen LogP contribution in [0.2, 0.25) is 0 Å². The lowest BCUT2D eigenvalue weighted by Gasteiger charge is -2.25. The average molecular weight is 491 g/mol. The van der Waals surface area contributed by atoms with Gasteiger partial charge in [-0.05, 0) is 19.8 Å². The van der Waals surface area contributed by atoms with E-state index in [-0.39, 0.29) is 0 Å². The van der Waals surface area contributed by atoms with Crippen molar-refractivity contribution in [2.75, 3.05) is 0 Å². The molecule has 0 rings (SSSR count). The van der Waals surface area contributed by atoms with Crippen LogP contribution in [-0.2, 0) is 33.6 Å². The number of amides is 4. The molecule has 11 N–H and O–H groups in total. The number of nitrogens with one attached hydrogen (secondary N) is 3. The Morgan fingerprint density at radius 3 is 1.56 bits per heavy atom. The van der Waals surface area contributed by atoms with Gasteiger partial charge in [0.1, 0.15) is 24.2 Å². The molecule has 5 atom stereocenters. The maximum Gasteiger partial charge on any atom is 0.326 e. The second kappa shape index (κ2) is 14.4. The molecule has 16 nitrogen and oxygen atoms in total. The molecule has 0 bridgehead atoms. The van der Waals surface area contributed by atoms with Gasteiger partial charge in [0.2, 0.25) is 23.6 Å². The predicted octanol–water partition coefficient (Wildman–Crippen LogP) is -4.16. The van der Waals surface area contributed by atoms with Gasteiger partial charge in [0, 0.05) is 12.8 Å². The lowest BCUT2D eigenvalue weighted by Crippen LogP contribution is -2.58. The van der Waals surface area contributed by atoms with E-state index in [4.69, 9.17) is 21.7 Å². The Labute approximate surface area is 193 Å². The normalized spacial score (nSPS) is 15.0. The summed E-state index contributed by atoms with van der Waals surface area (Å²) in [6, 6.07) is -6.41. The largest absolute Gasteiger partial charge is 0.481 e. The quantitative estimate of drug-likeness (QED) is 0.0993. The fourth-order valence-corrected chi connectivity index (χ4v) is 2.50. The molecule has 0 fully saturated rings. The molecule has 0 spiro atoms. The van der Waals surface area contributed by atoms with Crippen LogP contribution < -0.4 is 27.4 Å². The van der Waals surface area contributed by atoms with E-state index in [9.17, 15) is 43.8 Å². The number of nitrogens with two attached hydrogens (primary N) is 2. The molecular weight excluding hydrogens is 462 g/mol. The number of aliphatic hydroxyl groups excluding tert-OH is 1. The van der Waals surface area contributed by atoms with Gasteiger partial charge in [-0.1, -0.05) is 0 Å². The van der Waals surface area contributed by atoms with Crippen LogP contribution in [0.5, 0.6) is 0 Å². The van der Waals surface area contributed by atoms with Gasteiger partial charge in [0.05, 0.1) is 12.5 Å². The van der Waals surface area contributed by atoms with Gasteiger partial charge < -0.3 is 47.8 Å². The first kappa shape index (κ1) is 30.2. The van der Waals surface area contributed by atoms with Crippen molar-refractivity contribution < 1.29 is 54.0 Å². The number of hydrogen-bond acceptors (Lipinski definition) is 9. The Kier molecular flexibility index (Phi) is 12.8. The van der Waals surface area contributed by atoms with Crippen LogP contribution in [0.25, 0.3) is 0 Å². The van der Waals surface area contributed by atoms with E-state index < -0.39 is 104 Å². The zero-order chi connectivity index (χ0) is 26.6. The van der Waals surface area contributed by atoms with E-state index in [0.717, 1.165) is 0 Å². The summed E-state index contributed by atoms with van der Waals surface area (Å²) in [6.07, 6.45) is -4.29. The van der Waals surface area contributed by atoms with Crippen molar-refractivity contribution in [3.63, 3.8) is 0 Å². The fourth-order valence-electron chi connectivity index (χ4n) is 2.50. The lowest BCUT2D eigenvalue weighted by atomic mass is 10.1. The smallest absolute Gasteiger partial charge is 0.326 e. The molecule has 4 amide bonds. The molecule has 0 aromatic rings. The summed E-state index contributed by atoms with van der Waals surface area (Å²) in [5.41, 5.74) is 10.5. The molecule has 16 heteroatoms. The van der Waals surface area contributed by atoms with E-state index in [1.807, 2.05) is 5.32 Å². The number of hydrogen-bond donors (Lipinski definition) is 9. The average Bonchev–Trinajstić information content (AvgIpc) is 2.71. The summed E-state index contributed by atoms with van der Waals surface area (Å²) in [7, 11) is 0. The third-order valence-electron chi connectivity index (χ3n) is 4.40. The van der Waals surface area contributed by atoms with Crippen LogP contribution >= 0.6 is 0 Å². The van der Waals surface area contributed by atoms with Crippen molar-refractivity contribution in [1.82, 2.24) is 16.0 Å². The molecule has 34 heavy (non-hydrogen) atoms. The van der Waals surface area contributed by atoms with Crippen LogP contribution in [0.3, 0.4) is 0 Å². The second-order valence-corrected chi connectivity index (χ2v) is 7.32. The summed E-state index contributed by atoms with van der Waals surface area (Å²) in [4.78, 5) is 81.5. The summed E-state index contributed by atoms with van der Waals surface area (Å²) < 4.78 is 0.